The van der Waals surface area contributed by atoms with E-state index in [1.54, 1.807) is 0 Å². The van der Waals surface area contributed by atoms with Crippen molar-refractivity contribution in [3.8, 4) is 0 Å². The fourth-order valence-electron chi connectivity index (χ4n) is 1.04. The van der Waals surface area contributed by atoms with Gasteiger partial charge < -0.3 is 5.32 Å². The van der Waals surface area contributed by atoms with Gasteiger partial charge in [0.05, 0.1) is 0 Å². The Labute approximate surface area is 92.6 Å². The Balaban J connectivity index is 3.65. The van der Waals surface area contributed by atoms with Crippen molar-refractivity contribution in [3.05, 3.63) is 0 Å². The molecule has 0 unspecified atom stereocenters. The van der Waals surface area contributed by atoms with Crippen LogP contribution in [0.1, 0.15) is 47.5 Å². The first-order chi connectivity index (χ1) is 6.75. The van der Waals surface area contributed by atoms with Crippen LogP contribution in [0.5, 0.6) is 0 Å². The van der Waals surface area contributed by atoms with Gasteiger partial charge in [0.15, 0.2) is 0 Å². The average Bonchev–Trinajstić information content (AvgIpc) is 2.09. The largest absolute Gasteiger partial charge is 0.356 e. The molecule has 0 aromatic heterocycles. The van der Waals surface area contributed by atoms with Gasteiger partial charge in [0.25, 0.3) is 0 Å². The molecule has 0 spiro atoms. The summed E-state index contributed by atoms with van der Waals surface area (Å²) >= 11 is 0. The first-order valence-electron chi connectivity index (χ1n) is 5.56. The van der Waals surface area contributed by atoms with Crippen molar-refractivity contribution < 1.29 is 9.59 Å². The van der Waals surface area contributed by atoms with E-state index in [0.717, 1.165) is 6.42 Å². The summed E-state index contributed by atoms with van der Waals surface area (Å²) in [7, 11) is 0. The van der Waals surface area contributed by atoms with E-state index >= 15 is 0 Å². The summed E-state index contributed by atoms with van der Waals surface area (Å²) in [5, 5.41) is 2.80. The van der Waals surface area contributed by atoms with Crippen molar-refractivity contribution in [2.45, 2.75) is 47.5 Å². The van der Waals surface area contributed by atoms with Gasteiger partial charge in [0, 0.05) is 24.3 Å². The predicted molar refractivity (Wildman–Crippen MR) is 61.5 cm³/mol. The molecule has 0 fully saturated rings. The first kappa shape index (κ1) is 14.1. The van der Waals surface area contributed by atoms with Gasteiger partial charge in [-0.1, -0.05) is 34.6 Å². The molecule has 0 aromatic rings. The minimum absolute atomic E-state index is 0.0170. The topological polar surface area (TPSA) is 46.2 Å². The third-order valence-electron chi connectivity index (χ3n) is 2.24. The average molecular weight is 213 g/mol. The predicted octanol–water partition coefficient (Wildman–Crippen LogP) is 2.15. The maximum atomic E-state index is 11.5. The quantitative estimate of drug-likeness (QED) is 0.711. The summed E-state index contributed by atoms with van der Waals surface area (Å²) in [5.74, 6) is 0.322. The number of hydrogen-bond donors (Lipinski definition) is 1. The van der Waals surface area contributed by atoms with Gasteiger partial charge in [0.2, 0.25) is 5.91 Å². The van der Waals surface area contributed by atoms with E-state index in [2.05, 4.69) is 5.32 Å². The summed E-state index contributed by atoms with van der Waals surface area (Å²) in [4.78, 5) is 22.7. The van der Waals surface area contributed by atoms with Crippen LogP contribution in [0.4, 0.5) is 0 Å². The molecule has 0 atom stereocenters. The van der Waals surface area contributed by atoms with Crippen LogP contribution in [0.15, 0.2) is 0 Å². The van der Waals surface area contributed by atoms with E-state index in [9.17, 15) is 9.59 Å². The Morgan fingerprint density at radius 3 is 2.13 bits per heavy atom. The number of rotatable bonds is 5. The lowest BCUT2D eigenvalue weighted by Gasteiger charge is -2.16. The summed E-state index contributed by atoms with van der Waals surface area (Å²) in [6.45, 7) is 10.1. The number of carbonyl (C=O) groups is 2. The van der Waals surface area contributed by atoms with E-state index < -0.39 is 0 Å². The van der Waals surface area contributed by atoms with Gasteiger partial charge in [-0.15, -0.1) is 0 Å². The molecule has 0 bridgehead atoms. The molecule has 0 aliphatic carbocycles. The highest BCUT2D eigenvalue weighted by atomic mass is 16.1. The molecule has 0 aromatic carbocycles. The van der Waals surface area contributed by atoms with E-state index in [4.69, 9.17) is 0 Å². The summed E-state index contributed by atoms with van der Waals surface area (Å²) in [5.41, 5.74) is -0.262. The summed E-state index contributed by atoms with van der Waals surface area (Å²) < 4.78 is 0. The zero-order valence-corrected chi connectivity index (χ0v) is 10.5. The maximum Gasteiger partial charge on any atom is 0.222 e. The molecule has 1 amide bonds. The number of ketones is 1. The highest BCUT2D eigenvalue weighted by molar-refractivity contribution is 5.83. The van der Waals surface area contributed by atoms with E-state index in [0.29, 0.717) is 13.0 Å². The van der Waals surface area contributed by atoms with Gasteiger partial charge in [-0.2, -0.15) is 0 Å². The zero-order chi connectivity index (χ0) is 12.1. The second kappa shape index (κ2) is 5.89. The zero-order valence-electron chi connectivity index (χ0n) is 10.5. The number of Topliss-reactive ketones (excluding diaryl/α,β-unsaturated/α-hetero) is 1. The lowest BCUT2D eigenvalue weighted by atomic mass is 9.88. The second-order valence-corrected chi connectivity index (χ2v) is 5.22. The van der Waals surface area contributed by atoms with Gasteiger partial charge in [-0.25, -0.2) is 0 Å². The van der Waals surface area contributed by atoms with Gasteiger partial charge in [-0.05, 0) is 6.42 Å². The highest BCUT2D eigenvalue weighted by Crippen LogP contribution is 2.17. The third-order valence-corrected chi connectivity index (χ3v) is 2.24. The van der Waals surface area contributed by atoms with Crippen LogP contribution >= 0.6 is 0 Å². The fraction of sp³-hybridized carbons (Fsp3) is 0.833. The Bertz CT molecular complexity index is 226. The highest BCUT2D eigenvalue weighted by Gasteiger charge is 2.20. The third kappa shape index (κ3) is 6.26. The molecule has 88 valence electrons. The molecular weight excluding hydrogens is 190 g/mol. The van der Waals surface area contributed by atoms with Crippen molar-refractivity contribution >= 4 is 11.7 Å². The second-order valence-electron chi connectivity index (χ2n) is 5.22. The lowest BCUT2D eigenvalue weighted by Crippen LogP contribution is -2.29. The van der Waals surface area contributed by atoms with Crippen LogP contribution in [-0.2, 0) is 9.59 Å². The number of carbonyl (C=O) groups excluding carboxylic acids is 2. The standard InChI is InChI=1S/C12H23NO2/c1-9(2)11(15)13-8-6-7-10(14)12(3,4)5/h9H,6-8H2,1-5H3,(H,13,15). The molecule has 3 nitrogen and oxygen atoms in total. The van der Waals surface area contributed by atoms with Crippen molar-refractivity contribution in [1.82, 2.24) is 5.32 Å². The summed E-state index contributed by atoms with van der Waals surface area (Å²) in [6.07, 6.45) is 1.27. The van der Waals surface area contributed by atoms with Crippen molar-refractivity contribution in [2.24, 2.45) is 11.3 Å². The number of amides is 1. The minimum Gasteiger partial charge on any atom is -0.356 e. The van der Waals surface area contributed by atoms with Gasteiger partial charge in [0.1, 0.15) is 5.78 Å². The molecule has 1 N–H and O–H groups in total. The lowest BCUT2D eigenvalue weighted by molar-refractivity contribution is -0.127. The van der Waals surface area contributed by atoms with Crippen LogP contribution in [0.2, 0.25) is 0 Å². The molecule has 0 radical (unpaired) electrons. The van der Waals surface area contributed by atoms with E-state index in [1.807, 2.05) is 34.6 Å². The molecule has 0 saturated carbocycles. The molecular formula is C12H23NO2. The molecule has 0 rings (SSSR count). The molecule has 0 saturated heterocycles. The van der Waals surface area contributed by atoms with E-state index in [1.165, 1.54) is 0 Å². The normalized spacial score (nSPS) is 11.6. The summed E-state index contributed by atoms with van der Waals surface area (Å²) in [6, 6.07) is 0. The van der Waals surface area contributed by atoms with Crippen molar-refractivity contribution in [1.29, 1.82) is 0 Å². The Kier molecular flexibility index (Phi) is 5.55. The first-order valence-corrected chi connectivity index (χ1v) is 5.56. The maximum absolute atomic E-state index is 11.5. The van der Waals surface area contributed by atoms with Crippen molar-refractivity contribution in [3.63, 3.8) is 0 Å². The van der Waals surface area contributed by atoms with Gasteiger partial charge >= 0.3 is 0 Å². The van der Waals surface area contributed by atoms with E-state index in [-0.39, 0.29) is 23.0 Å². The Hall–Kier alpha value is -0.860. The monoisotopic (exact) mass is 213 g/mol. The number of nitrogens with one attached hydrogen (secondary N) is 1. The van der Waals surface area contributed by atoms with Crippen LogP contribution in [0.3, 0.4) is 0 Å². The van der Waals surface area contributed by atoms with Crippen LogP contribution in [0.25, 0.3) is 0 Å². The van der Waals surface area contributed by atoms with Crippen molar-refractivity contribution in [2.75, 3.05) is 6.54 Å². The molecule has 15 heavy (non-hydrogen) atoms. The van der Waals surface area contributed by atoms with Crippen LogP contribution < -0.4 is 5.32 Å². The SMILES string of the molecule is CC(C)C(=O)NCCCC(=O)C(C)(C)C. The fourth-order valence-corrected chi connectivity index (χ4v) is 1.04. The van der Waals surface area contributed by atoms with Crippen LogP contribution in [-0.4, -0.2) is 18.2 Å². The van der Waals surface area contributed by atoms with Crippen LogP contribution in [0, 0.1) is 11.3 Å². The molecule has 0 aliphatic heterocycles. The molecule has 0 heterocycles. The van der Waals surface area contributed by atoms with Gasteiger partial charge in [-0.3, -0.25) is 9.59 Å². The molecule has 3 heteroatoms. The smallest absolute Gasteiger partial charge is 0.222 e. The molecule has 0 aliphatic rings. The number of hydrogen-bond acceptors (Lipinski definition) is 2. The Morgan fingerprint density at radius 1 is 1.20 bits per heavy atom. The Morgan fingerprint density at radius 2 is 1.73 bits per heavy atom. The minimum atomic E-state index is -0.262.